The van der Waals surface area contributed by atoms with Gasteiger partial charge in [-0.3, -0.25) is 9.10 Å². The number of fused-ring (bicyclic) bond motifs is 2. The smallest absolute Gasteiger partial charge is 0.258 e. The van der Waals surface area contributed by atoms with Crippen LogP contribution in [0.5, 0.6) is 0 Å². The third-order valence-electron chi connectivity index (χ3n) is 7.27. The molecule has 1 saturated heterocycles. The van der Waals surface area contributed by atoms with Crippen molar-refractivity contribution in [2.24, 2.45) is 24.6 Å². The second kappa shape index (κ2) is 9.80. The fourth-order valence-corrected chi connectivity index (χ4v) is 5.89. The molecule has 2 N–H and O–H groups in total. The maximum Gasteiger partial charge on any atom is 0.258 e. The van der Waals surface area contributed by atoms with E-state index >= 15 is 0 Å². The quantitative estimate of drug-likeness (QED) is 0.463. The lowest BCUT2D eigenvalue weighted by molar-refractivity contribution is 0.491. The summed E-state index contributed by atoms with van der Waals surface area (Å²) < 4.78 is 30.2. The van der Waals surface area contributed by atoms with Crippen LogP contribution in [0.1, 0.15) is 53.6 Å². The van der Waals surface area contributed by atoms with E-state index in [0.29, 0.717) is 35.7 Å². The molecule has 2 fully saturated rings. The van der Waals surface area contributed by atoms with Crippen LogP contribution in [0.15, 0.2) is 47.5 Å². The van der Waals surface area contributed by atoms with Crippen molar-refractivity contribution in [1.29, 1.82) is 0 Å². The normalized spacial score (nSPS) is 25.7. The molecule has 1 aromatic heterocycles. The predicted molar refractivity (Wildman–Crippen MR) is 137 cm³/mol. The van der Waals surface area contributed by atoms with E-state index in [0.717, 1.165) is 30.4 Å². The fourth-order valence-electron chi connectivity index (χ4n) is 5.25. The lowest BCUT2D eigenvalue weighted by atomic mass is 9.99. The average Bonchev–Trinajstić information content (AvgIpc) is 3.60. The molecule has 2 aliphatic carbocycles. The van der Waals surface area contributed by atoms with Crippen molar-refractivity contribution in [3.05, 3.63) is 86.9 Å². The first kappa shape index (κ1) is 24.9. The number of pyridine rings is 1. The summed E-state index contributed by atoms with van der Waals surface area (Å²) in [5.74, 6) is 1.57. The number of nitrogens with two attached hydrogens (primary N) is 1. The van der Waals surface area contributed by atoms with Gasteiger partial charge in [0.15, 0.2) is 0 Å². The van der Waals surface area contributed by atoms with Gasteiger partial charge in [-0.2, -0.15) is 0 Å². The molecule has 0 radical (unpaired) electrons. The van der Waals surface area contributed by atoms with Crippen LogP contribution in [0.4, 0.5) is 8.78 Å². The van der Waals surface area contributed by atoms with E-state index in [1.54, 1.807) is 29.6 Å². The highest BCUT2D eigenvalue weighted by molar-refractivity contribution is 7.96. The predicted octanol–water partition coefficient (Wildman–Crippen LogP) is 4.99. The molecule has 2 heterocycles. The molecule has 1 aliphatic heterocycles. The zero-order valence-electron chi connectivity index (χ0n) is 20.2. The van der Waals surface area contributed by atoms with E-state index in [-0.39, 0.29) is 17.4 Å². The van der Waals surface area contributed by atoms with Gasteiger partial charge in [0.05, 0.1) is 0 Å². The summed E-state index contributed by atoms with van der Waals surface area (Å²) in [6.45, 7) is 9.55. The summed E-state index contributed by atoms with van der Waals surface area (Å²) in [5, 5.41) is 0. The maximum absolute atomic E-state index is 13.7. The molecule has 5 rings (SSSR count). The molecule has 0 bridgehead atoms. The van der Waals surface area contributed by atoms with E-state index in [2.05, 4.69) is 30.1 Å². The molecule has 2 aromatic rings. The zero-order chi connectivity index (χ0) is 24.7. The number of rotatable bonds is 6. The Labute approximate surface area is 204 Å². The number of hydrogen-bond acceptors (Lipinski definition) is 4. The Hall–Kier alpha value is -2.22. The fraction of sp³-hybridized carbons (Fsp3) is 0.444. The van der Waals surface area contributed by atoms with Crippen molar-refractivity contribution in [2.75, 3.05) is 19.3 Å². The van der Waals surface area contributed by atoms with Crippen LogP contribution in [-0.2, 0) is 13.5 Å². The highest BCUT2D eigenvalue weighted by Gasteiger charge is 2.57. The third-order valence-corrected chi connectivity index (χ3v) is 8.08. The zero-order valence-corrected chi connectivity index (χ0v) is 21.0. The summed E-state index contributed by atoms with van der Waals surface area (Å²) in [5.41, 5.74) is 10.6. The van der Waals surface area contributed by atoms with Gasteiger partial charge in [-0.25, -0.2) is 8.78 Å². The molecule has 1 saturated carbocycles. The van der Waals surface area contributed by atoms with Crippen molar-refractivity contribution in [2.45, 2.75) is 38.1 Å². The van der Waals surface area contributed by atoms with Gasteiger partial charge in [0.1, 0.15) is 11.6 Å². The molecular weight excluding hydrogens is 452 g/mol. The van der Waals surface area contributed by atoms with Crippen LogP contribution < -0.4 is 11.3 Å². The van der Waals surface area contributed by atoms with Crippen molar-refractivity contribution >= 4 is 18.0 Å². The number of nitrogens with zero attached hydrogens (tertiary/aromatic N) is 2. The molecule has 34 heavy (non-hydrogen) atoms. The van der Waals surface area contributed by atoms with Gasteiger partial charge in [0.2, 0.25) is 0 Å². The second-order valence-electron chi connectivity index (χ2n) is 9.66. The van der Waals surface area contributed by atoms with E-state index in [9.17, 15) is 13.6 Å². The molecule has 1 aromatic carbocycles. The first-order valence-electron chi connectivity index (χ1n) is 11.7. The summed E-state index contributed by atoms with van der Waals surface area (Å²) in [6.07, 6.45) is 5.05. The van der Waals surface area contributed by atoms with Crippen LogP contribution >= 0.6 is 11.9 Å². The summed E-state index contributed by atoms with van der Waals surface area (Å²) >= 11 is 1.78. The SMILES string of the molecule is C=C/C(F)=C\c1c(CC(C)N)cc(C2C3CN(SC)CC32)n(C)c1=O.CC1c2ccc(F)cc21. The van der Waals surface area contributed by atoms with Crippen LogP contribution in [0.2, 0.25) is 0 Å². The molecule has 7 heteroatoms. The Morgan fingerprint density at radius 2 is 1.97 bits per heavy atom. The summed E-state index contributed by atoms with van der Waals surface area (Å²) in [6, 6.07) is 6.96. The van der Waals surface area contributed by atoms with Gasteiger partial charge in [-0.1, -0.05) is 31.5 Å². The van der Waals surface area contributed by atoms with Gasteiger partial charge in [0, 0.05) is 49.3 Å². The number of aromatic nitrogens is 1. The Bertz CT molecular complexity index is 1180. The minimum Gasteiger partial charge on any atom is -0.328 e. The Balaban J connectivity index is 0.000000252. The van der Waals surface area contributed by atoms with Crippen LogP contribution in [-0.4, -0.2) is 34.3 Å². The molecule has 0 amide bonds. The van der Waals surface area contributed by atoms with E-state index < -0.39 is 5.83 Å². The summed E-state index contributed by atoms with van der Waals surface area (Å²) in [4.78, 5) is 12.9. The third kappa shape index (κ3) is 4.92. The van der Waals surface area contributed by atoms with Gasteiger partial charge in [0.25, 0.3) is 5.56 Å². The highest BCUT2D eigenvalue weighted by atomic mass is 32.2. The lowest BCUT2D eigenvalue weighted by Gasteiger charge is -2.19. The number of piperidine rings is 1. The van der Waals surface area contributed by atoms with E-state index in [1.165, 1.54) is 23.3 Å². The molecule has 3 aliphatic rings. The van der Waals surface area contributed by atoms with E-state index in [4.69, 9.17) is 5.73 Å². The standard InChI is InChI=1S/C19H26FN3OS.C8H7F/c1-5-13(20)8-14-12(6-11(2)21)7-17(22(3)19(14)24)18-15-9-23(25-4)10-16(15)18;1-5-7-3-2-6(9)4-8(5)7/h5,7-8,11,15-16,18H,1,6,9-10,21H2,2-4H3;2-5H,1H3/b13-8+;. The van der Waals surface area contributed by atoms with Gasteiger partial charge < -0.3 is 10.3 Å². The van der Waals surface area contributed by atoms with Crippen LogP contribution in [0.3, 0.4) is 0 Å². The number of halogens is 2. The first-order chi connectivity index (χ1) is 16.2. The Morgan fingerprint density at radius 1 is 1.29 bits per heavy atom. The topological polar surface area (TPSA) is 51.3 Å². The molecule has 182 valence electrons. The lowest BCUT2D eigenvalue weighted by Crippen LogP contribution is -2.28. The molecule has 4 atom stereocenters. The molecule has 0 spiro atoms. The van der Waals surface area contributed by atoms with Crippen molar-refractivity contribution < 1.29 is 8.78 Å². The number of benzene rings is 1. The monoisotopic (exact) mass is 485 g/mol. The van der Waals surface area contributed by atoms with Crippen LogP contribution in [0.25, 0.3) is 6.08 Å². The van der Waals surface area contributed by atoms with E-state index in [1.807, 2.05) is 13.0 Å². The molecular formula is C27H33F2N3OS. The molecule has 4 unspecified atom stereocenters. The van der Waals surface area contributed by atoms with Crippen molar-refractivity contribution in [3.63, 3.8) is 0 Å². The largest absolute Gasteiger partial charge is 0.328 e. The van der Waals surface area contributed by atoms with Gasteiger partial charge in [-0.15, -0.1) is 0 Å². The minimum atomic E-state index is -0.505. The average molecular weight is 486 g/mol. The summed E-state index contributed by atoms with van der Waals surface area (Å²) in [7, 11) is 1.79. The highest BCUT2D eigenvalue weighted by Crippen LogP contribution is 2.58. The van der Waals surface area contributed by atoms with Gasteiger partial charge >= 0.3 is 0 Å². The second-order valence-corrected chi connectivity index (χ2v) is 10.5. The Kier molecular flexibility index (Phi) is 7.17. The maximum atomic E-state index is 13.7. The number of hydrogen-bond donors (Lipinski definition) is 1. The number of allylic oxidation sites excluding steroid dienone is 2. The van der Waals surface area contributed by atoms with Crippen molar-refractivity contribution in [3.8, 4) is 0 Å². The molecule has 4 nitrogen and oxygen atoms in total. The minimum absolute atomic E-state index is 0.0930. The van der Waals surface area contributed by atoms with Crippen molar-refractivity contribution in [1.82, 2.24) is 8.87 Å². The Morgan fingerprint density at radius 3 is 2.50 bits per heavy atom. The van der Waals surface area contributed by atoms with Crippen LogP contribution in [0, 0.1) is 17.7 Å². The first-order valence-corrected chi connectivity index (χ1v) is 12.9. The van der Waals surface area contributed by atoms with Gasteiger partial charge in [-0.05, 0) is 78.5 Å².